The van der Waals surface area contributed by atoms with Gasteiger partial charge in [0.05, 0.1) is 0 Å². The van der Waals surface area contributed by atoms with Crippen LogP contribution in [0, 0.1) is 0 Å². The van der Waals surface area contributed by atoms with Gasteiger partial charge in [-0.15, -0.1) is 0 Å². The second kappa shape index (κ2) is 3.75. The van der Waals surface area contributed by atoms with Crippen LogP contribution in [-0.2, 0) is 0 Å². The van der Waals surface area contributed by atoms with E-state index in [1.807, 2.05) is 12.1 Å². The first-order valence-electron chi connectivity index (χ1n) is 4.81. The quantitative estimate of drug-likeness (QED) is 0.683. The number of rotatable bonds is 1. The Morgan fingerprint density at radius 1 is 1.46 bits per heavy atom. The van der Waals surface area contributed by atoms with E-state index in [1.54, 1.807) is 6.20 Å². The minimum absolute atomic E-state index is 0.485. The lowest BCUT2D eigenvalue weighted by Gasteiger charge is -2.23. The molecule has 1 saturated heterocycles. The summed E-state index contributed by atoms with van der Waals surface area (Å²) in [7, 11) is 0. The molecule has 0 spiro atoms. The van der Waals surface area contributed by atoms with Crippen LogP contribution < -0.4 is 11.1 Å². The SMILES string of the molecule is Nc1cc([C@H]2CCCCN2)ccn1. The van der Waals surface area contributed by atoms with E-state index in [4.69, 9.17) is 5.73 Å². The van der Waals surface area contributed by atoms with Gasteiger partial charge in [0, 0.05) is 12.2 Å². The lowest BCUT2D eigenvalue weighted by molar-refractivity contribution is 0.412. The number of aromatic nitrogens is 1. The Hall–Kier alpha value is -1.09. The number of nitrogens with two attached hydrogens (primary N) is 1. The number of hydrogen-bond acceptors (Lipinski definition) is 3. The predicted molar refractivity (Wildman–Crippen MR) is 53.2 cm³/mol. The first-order chi connectivity index (χ1) is 6.36. The summed E-state index contributed by atoms with van der Waals surface area (Å²) < 4.78 is 0. The van der Waals surface area contributed by atoms with E-state index in [-0.39, 0.29) is 0 Å². The monoisotopic (exact) mass is 177 g/mol. The standard InChI is InChI=1S/C10H15N3/c11-10-7-8(4-6-13-10)9-3-1-2-5-12-9/h4,6-7,9,12H,1-3,5H2,(H2,11,13)/t9-/m1/s1. The molecule has 0 saturated carbocycles. The molecule has 2 heterocycles. The molecule has 0 unspecified atom stereocenters. The molecule has 0 aliphatic carbocycles. The van der Waals surface area contributed by atoms with Gasteiger partial charge in [-0.05, 0) is 37.1 Å². The fraction of sp³-hybridized carbons (Fsp3) is 0.500. The zero-order chi connectivity index (χ0) is 9.10. The predicted octanol–water partition coefficient (Wildman–Crippen LogP) is 1.48. The molecule has 0 radical (unpaired) electrons. The number of hydrogen-bond donors (Lipinski definition) is 2. The summed E-state index contributed by atoms with van der Waals surface area (Å²) in [5, 5.41) is 3.48. The van der Waals surface area contributed by atoms with Crippen molar-refractivity contribution in [3.05, 3.63) is 23.9 Å². The zero-order valence-electron chi connectivity index (χ0n) is 7.66. The summed E-state index contributed by atoms with van der Waals surface area (Å²) in [5.74, 6) is 0.616. The third-order valence-corrected chi connectivity index (χ3v) is 2.52. The van der Waals surface area contributed by atoms with Crippen molar-refractivity contribution in [1.29, 1.82) is 0 Å². The third kappa shape index (κ3) is 1.98. The fourth-order valence-electron chi connectivity index (χ4n) is 1.82. The molecule has 1 aliphatic heterocycles. The maximum Gasteiger partial charge on any atom is 0.123 e. The molecule has 0 aromatic carbocycles. The Bertz CT molecular complexity index is 279. The van der Waals surface area contributed by atoms with Crippen LogP contribution >= 0.6 is 0 Å². The second-order valence-corrected chi connectivity index (χ2v) is 3.52. The van der Waals surface area contributed by atoms with Gasteiger partial charge in [0.1, 0.15) is 5.82 Å². The van der Waals surface area contributed by atoms with Gasteiger partial charge in [0.2, 0.25) is 0 Å². The molecule has 3 N–H and O–H groups in total. The molecule has 0 bridgehead atoms. The van der Waals surface area contributed by atoms with E-state index >= 15 is 0 Å². The Labute approximate surface area is 78.4 Å². The highest BCUT2D eigenvalue weighted by Crippen LogP contribution is 2.22. The first-order valence-corrected chi connectivity index (χ1v) is 4.81. The average molecular weight is 177 g/mol. The van der Waals surface area contributed by atoms with E-state index in [1.165, 1.54) is 24.8 Å². The van der Waals surface area contributed by atoms with Gasteiger partial charge in [0.25, 0.3) is 0 Å². The number of nitrogens with one attached hydrogen (secondary N) is 1. The molecular weight excluding hydrogens is 162 g/mol. The van der Waals surface area contributed by atoms with Crippen molar-refractivity contribution in [1.82, 2.24) is 10.3 Å². The highest BCUT2D eigenvalue weighted by atomic mass is 14.9. The van der Waals surface area contributed by atoms with Gasteiger partial charge in [-0.3, -0.25) is 0 Å². The average Bonchev–Trinajstić information content (AvgIpc) is 2.19. The lowest BCUT2D eigenvalue weighted by atomic mass is 9.98. The number of nitrogen functional groups attached to an aromatic ring is 1. The minimum Gasteiger partial charge on any atom is -0.384 e. The van der Waals surface area contributed by atoms with Crippen LogP contribution in [0.3, 0.4) is 0 Å². The minimum atomic E-state index is 0.485. The molecule has 3 heteroatoms. The summed E-state index contributed by atoms with van der Waals surface area (Å²) >= 11 is 0. The van der Waals surface area contributed by atoms with Crippen molar-refractivity contribution in [2.24, 2.45) is 0 Å². The van der Waals surface area contributed by atoms with Crippen LogP contribution in [0.5, 0.6) is 0 Å². The van der Waals surface area contributed by atoms with Crippen molar-refractivity contribution in [2.75, 3.05) is 12.3 Å². The molecule has 1 fully saturated rings. The van der Waals surface area contributed by atoms with Gasteiger partial charge in [0.15, 0.2) is 0 Å². The summed E-state index contributed by atoms with van der Waals surface area (Å²) in [4.78, 5) is 3.98. The van der Waals surface area contributed by atoms with Crippen molar-refractivity contribution in [3.63, 3.8) is 0 Å². The maximum atomic E-state index is 5.63. The number of nitrogens with zero attached hydrogens (tertiary/aromatic N) is 1. The topological polar surface area (TPSA) is 50.9 Å². The molecule has 1 atom stereocenters. The summed E-state index contributed by atoms with van der Waals surface area (Å²) in [5.41, 5.74) is 6.90. The van der Waals surface area contributed by atoms with Crippen molar-refractivity contribution < 1.29 is 0 Å². The Morgan fingerprint density at radius 2 is 2.38 bits per heavy atom. The zero-order valence-corrected chi connectivity index (χ0v) is 7.66. The molecule has 1 aromatic heterocycles. The fourth-order valence-corrected chi connectivity index (χ4v) is 1.82. The largest absolute Gasteiger partial charge is 0.384 e. The highest BCUT2D eigenvalue weighted by Gasteiger charge is 2.14. The molecule has 3 nitrogen and oxygen atoms in total. The van der Waals surface area contributed by atoms with Crippen molar-refractivity contribution in [2.45, 2.75) is 25.3 Å². The molecule has 2 rings (SSSR count). The first kappa shape index (κ1) is 8.51. The third-order valence-electron chi connectivity index (χ3n) is 2.52. The normalized spacial score (nSPS) is 22.9. The molecular formula is C10H15N3. The summed E-state index contributed by atoms with van der Waals surface area (Å²) in [6.07, 6.45) is 5.58. The van der Waals surface area contributed by atoms with Gasteiger partial charge >= 0.3 is 0 Å². The van der Waals surface area contributed by atoms with E-state index in [9.17, 15) is 0 Å². The van der Waals surface area contributed by atoms with E-state index in [2.05, 4.69) is 10.3 Å². The van der Waals surface area contributed by atoms with Crippen LogP contribution in [0.4, 0.5) is 5.82 Å². The smallest absolute Gasteiger partial charge is 0.123 e. The van der Waals surface area contributed by atoms with E-state index < -0.39 is 0 Å². The summed E-state index contributed by atoms with van der Waals surface area (Å²) in [6, 6.07) is 4.49. The van der Waals surface area contributed by atoms with Crippen LogP contribution in [0.2, 0.25) is 0 Å². The molecule has 13 heavy (non-hydrogen) atoms. The number of pyridine rings is 1. The van der Waals surface area contributed by atoms with Gasteiger partial charge in [-0.25, -0.2) is 4.98 Å². The Balaban J connectivity index is 2.14. The summed E-state index contributed by atoms with van der Waals surface area (Å²) in [6.45, 7) is 1.12. The van der Waals surface area contributed by atoms with Crippen LogP contribution in [0.15, 0.2) is 18.3 Å². The maximum absolute atomic E-state index is 5.63. The Kier molecular flexibility index (Phi) is 2.45. The Morgan fingerprint density at radius 3 is 3.08 bits per heavy atom. The number of piperidine rings is 1. The van der Waals surface area contributed by atoms with E-state index in [0.717, 1.165) is 6.54 Å². The van der Waals surface area contributed by atoms with Crippen LogP contribution in [0.25, 0.3) is 0 Å². The van der Waals surface area contributed by atoms with Crippen LogP contribution in [-0.4, -0.2) is 11.5 Å². The highest BCUT2D eigenvalue weighted by molar-refractivity contribution is 5.33. The molecule has 0 amide bonds. The van der Waals surface area contributed by atoms with Crippen LogP contribution in [0.1, 0.15) is 30.9 Å². The second-order valence-electron chi connectivity index (χ2n) is 3.52. The van der Waals surface area contributed by atoms with E-state index in [0.29, 0.717) is 11.9 Å². The van der Waals surface area contributed by atoms with Crippen molar-refractivity contribution in [3.8, 4) is 0 Å². The lowest BCUT2D eigenvalue weighted by Crippen LogP contribution is -2.26. The molecule has 1 aromatic rings. The van der Waals surface area contributed by atoms with Gasteiger partial charge in [-0.2, -0.15) is 0 Å². The van der Waals surface area contributed by atoms with Gasteiger partial charge < -0.3 is 11.1 Å². The molecule has 1 aliphatic rings. The number of anilines is 1. The molecule has 70 valence electrons. The van der Waals surface area contributed by atoms with Gasteiger partial charge in [-0.1, -0.05) is 6.42 Å². The van der Waals surface area contributed by atoms with Crippen molar-refractivity contribution >= 4 is 5.82 Å².